The first-order valence-electron chi connectivity index (χ1n) is 10.1. The molecule has 3 rings (SSSR count). The average Bonchev–Trinajstić information content (AvgIpc) is 2.72. The molecule has 1 aliphatic heterocycles. The van der Waals surface area contributed by atoms with Gasteiger partial charge in [0.2, 0.25) is 0 Å². The van der Waals surface area contributed by atoms with Crippen LogP contribution in [0.5, 0.6) is 0 Å². The molecule has 150 valence electrons. The van der Waals surface area contributed by atoms with Gasteiger partial charge in [-0.1, -0.05) is 49.9 Å². The monoisotopic (exact) mass is 386 g/mol. The van der Waals surface area contributed by atoms with Crippen LogP contribution < -0.4 is 10.2 Å². The van der Waals surface area contributed by atoms with Crippen molar-refractivity contribution in [2.45, 2.75) is 46.1 Å². The molecule has 1 N–H and O–H groups in total. The van der Waals surface area contributed by atoms with Gasteiger partial charge in [-0.15, -0.1) is 0 Å². The van der Waals surface area contributed by atoms with Gasteiger partial charge in [0.25, 0.3) is 5.91 Å². The number of amides is 1. The van der Waals surface area contributed by atoms with E-state index in [2.05, 4.69) is 66.3 Å². The van der Waals surface area contributed by atoms with Crippen molar-refractivity contribution in [3.63, 3.8) is 0 Å². The van der Waals surface area contributed by atoms with E-state index in [0.29, 0.717) is 5.56 Å². The minimum absolute atomic E-state index is 0.0697. The standard InChI is InChI=1S/C26H30N2O/c1-6-19-10-12-21(13-11-19)22-15-23(25(29)27-26(3,4)5)17-24(16-22)28-14-8-9-20(7-2)18-28/h7-8,10-18H,2,6,9H2,1,3-5H3,(H,27,29). The van der Waals surface area contributed by atoms with Crippen molar-refractivity contribution in [1.29, 1.82) is 0 Å². The van der Waals surface area contributed by atoms with Crippen molar-refractivity contribution in [3.05, 3.63) is 90.3 Å². The van der Waals surface area contributed by atoms with Crippen LogP contribution in [0.4, 0.5) is 5.69 Å². The molecule has 0 atom stereocenters. The van der Waals surface area contributed by atoms with E-state index in [-0.39, 0.29) is 11.4 Å². The Bertz CT molecular complexity index is 959. The number of allylic oxidation sites excluding steroid dienone is 3. The predicted octanol–water partition coefficient (Wildman–Crippen LogP) is 6.24. The molecule has 0 unspecified atom stereocenters. The first kappa shape index (κ1) is 20.7. The van der Waals surface area contributed by atoms with Crippen molar-refractivity contribution >= 4 is 11.6 Å². The molecule has 0 aromatic heterocycles. The third-order valence-corrected chi connectivity index (χ3v) is 4.85. The summed E-state index contributed by atoms with van der Waals surface area (Å²) in [4.78, 5) is 15.0. The third-order valence-electron chi connectivity index (χ3n) is 4.85. The molecule has 0 radical (unpaired) electrons. The highest BCUT2D eigenvalue weighted by atomic mass is 16.1. The Morgan fingerprint density at radius 2 is 1.86 bits per heavy atom. The van der Waals surface area contributed by atoms with Crippen molar-refractivity contribution in [2.75, 3.05) is 4.90 Å². The highest BCUT2D eigenvalue weighted by Crippen LogP contribution is 2.30. The molecule has 2 aromatic carbocycles. The van der Waals surface area contributed by atoms with E-state index in [9.17, 15) is 4.79 Å². The lowest BCUT2D eigenvalue weighted by atomic mass is 9.98. The number of carbonyl (C=O) groups is 1. The summed E-state index contributed by atoms with van der Waals surface area (Å²) in [6.07, 6.45) is 9.96. The van der Waals surface area contributed by atoms with E-state index in [1.807, 2.05) is 45.2 Å². The highest BCUT2D eigenvalue weighted by molar-refractivity contribution is 5.97. The fourth-order valence-electron chi connectivity index (χ4n) is 3.28. The van der Waals surface area contributed by atoms with E-state index >= 15 is 0 Å². The second-order valence-corrected chi connectivity index (χ2v) is 8.43. The second kappa shape index (κ2) is 8.52. The molecule has 1 aliphatic rings. The minimum Gasteiger partial charge on any atom is -0.347 e. The summed E-state index contributed by atoms with van der Waals surface area (Å²) >= 11 is 0. The highest BCUT2D eigenvalue weighted by Gasteiger charge is 2.18. The predicted molar refractivity (Wildman–Crippen MR) is 123 cm³/mol. The van der Waals surface area contributed by atoms with Crippen molar-refractivity contribution in [1.82, 2.24) is 5.32 Å². The Labute approximate surface area is 174 Å². The molecule has 0 saturated heterocycles. The van der Waals surface area contributed by atoms with Crippen LogP contribution >= 0.6 is 0 Å². The zero-order valence-electron chi connectivity index (χ0n) is 17.8. The van der Waals surface area contributed by atoms with Gasteiger partial charge in [0.1, 0.15) is 0 Å². The molecule has 0 fully saturated rings. The van der Waals surface area contributed by atoms with Crippen LogP contribution in [0.25, 0.3) is 11.1 Å². The summed E-state index contributed by atoms with van der Waals surface area (Å²) < 4.78 is 0. The molecule has 3 nitrogen and oxygen atoms in total. The van der Waals surface area contributed by atoms with Crippen molar-refractivity contribution < 1.29 is 4.79 Å². The smallest absolute Gasteiger partial charge is 0.251 e. The Kier molecular flexibility index (Phi) is 6.07. The van der Waals surface area contributed by atoms with Crippen LogP contribution in [0.2, 0.25) is 0 Å². The lowest BCUT2D eigenvalue weighted by Gasteiger charge is -2.24. The number of carbonyl (C=O) groups excluding carboxylic acids is 1. The van der Waals surface area contributed by atoms with E-state index in [0.717, 1.165) is 35.2 Å². The molecule has 0 spiro atoms. The number of nitrogens with zero attached hydrogens (tertiary/aromatic N) is 1. The Morgan fingerprint density at radius 3 is 2.48 bits per heavy atom. The fraction of sp³-hybridized carbons (Fsp3) is 0.269. The van der Waals surface area contributed by atoms with Gasteiger partial charge in [-0.2, -0.15) is 0 Å². The maximum Gasteiger partial charge on any atom is 0.251 e. The maximum atomic E-state index is 12.9. The third kappa shape index (κ3) is 5.26. The Balaban J connectivity index is 2.07. The van der Waals surface area contributed by atoms with Crippen LogP contribution in [-0.4, -0.2) is 11.4 Å². The SMILES string of the molecule is C=CC1=CN(c2cc(C(=O)NC(C)(C)C)cc(-c3ccc(CC)cc3)c2)C=CC1. The summed E-state index contributed by atoms with van der Waals surface area (Å²) in [7, 11) is 0. The molecule has 0 bridgehead atoms. The van der Waals surface area contributed by atoms with Crippen molar-refractivity contribution in [3.8, 4) is 11.1 Å². The van der Waals surface area contributed by atoms with Crippen LogP contribution in [0.3, 0.4) is 0 Å². The van der Waals surface area contributed by atoms with Gasteiger partial charge in [-0.3, -0.25) is 4.79 Å². The van der Waals surface area contributed by atoms with Gasteiger partial charge in [0.15, 0.2) is 0 Å². The van der Waals surface area contributed by atoms with Crippen LogP contribution in [0.15, 0.2) is 79.2 Å². The molecule has 2 aromatic rings. The maximum absolute atomic E-state index is 12.9. The summed E-state index contributed by atoms with van der Waals surface area (Å²) in [5.41, 5.74) is 5.88. The molecular formula is C26H30N2O. The van der Waals surface area contributed by atoms with Crippen LogP contribution in [0, 0.1) is 0 Å². The van der Waals surface area contributed by atoms with Gasteiger partial charge in [0.05, 0.1) is 0 Å². The van der Waals surface area contributed by atoms with Gasteiger partial charge in [0, 0.05) is 29.2 Å². The molecule has 1 amide bonds. The molecular weight excluding hydrogens is 356 g/mol. The lowest BCUT2D eigenvalue weighted by molar-refractivity contribution is 0.0919. The van der Waals surface area contributed by atoms with E-state index in [1.165, 1.54) is 5.56 Å². The number of benzene rings is 2. The zero-order valence-corrected chi connectivity index (χ0v) is 17.8. The molecule has 1 heterocycles. The summed E-state index contributed by atoms with van der Waals surface area (Å²) in [5, 5.41) is 3.08. The first-order valence-corrected chi connectivity index (χ1v) is 10.1. The number of anilines is 1. The zero-order chi connectivity index (χ0) is 21.0. The van der Waals surface area contributed by atoms with Gasteiger partial charge >= 0.3 is 0 Å². The van der Waals surface area contributed by atoms with E-state index in [4.69, 9.17) is 0 Å². The van der Waals surface area contributed by atoms with E-state index < -0.39 is 0 Å². The van der Waals surface area contributed by atoms with Crippen LogP contribution in [-0.2, 0) is 6.42 Å². The number of hydrogen-bond acceptors (Lipinski definition) is 2. The normalized spacial score (nSPS) is 13.8. The van der Waals surface area contributed by atoms with Gasteiger partial charge in [-0.05, 0) is 74.1 Å². The number of hydrogen-bond donors (Lipinski definition) is 1. The van der Waals surface area contributed by atoms with Gasteiger partial charge in [-0.25, -0.2) is 0 Å². The first-order chi connectivity index (χ1) is 13.8. The number of nitrogens with one attached hydrogen (secondary N) is 1. The summed E-state index contributed by atoms with van der Waals surface area (Å²) in [6, 6.07) is 14.6. The molecule has 0 aliphatic carbocycles. The van der Waals surface area contributed by atoms with Gasteiger partial charge < -0.3 is 10.2 Å². The van der Waals surface area contributed by atoms with Crippen molar-refractivity contribution in [2.24, 2.45) is 0 Å². The number of rotatable bonds is 5. The average molecular weight is 387 g/mol. The quantitative estimate of drug-likeness (QED) is 0.660. The lowest BCUT2D eigenvalue weighted by Crippen LogP contribution is -2.40. The summed E-state index contributed by atoms with van der Waals surface area (Å²) in [6.45, 7) is 12.0. The number of aryl methyl sites for hydroxylation is 1. The fourth-order valence-corrected chi connectivity index (χ4v) is 3.28. The Morgan fingerprint density at radius 1 is 1.14 bits per heavy atom. The molecule has 0 saturated carbocycles. The van der Waals surface area contributed by atoms with E-state index in [1.54, 1.807) is 0 Å². The second-order valence-electron chi connectivity index (χ2n) is 8.43. The molecule has 29 heavy (non-hydrogen) atoms. The summed E-state index contributed by atoms with van der Waals surface area (Å²) in [5.74, 6) is -0.0697. The topological polar surface area (TPSA) is 32.3 Å². The van der Waals surface area contributed by atoms with Crippen LogP contribution in [0.1, 0.15) is 50.0 Å². The molecule has 3 heteroatoms. The largest absolute Gasteiger partial charge is 0.347 e. The Hall–Kier alpha value is -3.07. The minimum atomic E-state index is -0.295.